The fourth-order valence-electron chi connectivity index (χ4n) is 1.97. The van der Waals surface area contributed by atoms with Crippen molar-refractivity contribution < 1.29 is 4.39 Å². The van der Waals surface area contributed by atoms with E-state index in [1.165, 1.54) is 12.1 Å². The molecule has 1 nitrogen and oxygen atoms in total. The highest BCUT2D eigenvalue weighted by atomic mass is 35.5. The van der Waals surface area contributed by atoms with Crippen LogP contribution in [0.2, 0.25) is 5.02 Å². The van der Waals surface area contributed by atoms with Gasteiger partial charge in [-0.1, -0.05) is 29.8 Å². The summed E-state index contributed by atoms with van der Waals surface area (Å²) in [6.45, 7) is 1.99. The predicted molar refractivity (Wildman–Crippen MR) is 73.2 cm³/mol. The third-order valence-electron chi connectivity index (χ3n) is 2.86. The van der Waals surface area contributed by atoms with Gasteiger partial charge in [0.1, 0.15) is 5.82 Å². The molecule has 0 saturated heterocycles. The van der Waals surface area contributed by atoms with Crippen molar-refractivity contribution in [2.24, 2.45) is 5.73 Å². The van der Waals surface area contributed by atoms with Crippen molar-refractivity contribution in [1.29, 1.82) is 0 Å². The molecule has 0 heterocycles. The highest BCUT2D eigenvalue weighted by Gasteiger charge is 2.08. The average Bonchev–Trinajstić information content (AvgIpc) is 2.31. The summed E-state index contributed by atoms with van der Waals surface area (Å²) >= 11 is 6.01. The Labute approximate surface area is 111 Å². The second kappa shape index (κ2) is 5.51. The number of hydrogen-bond donors (Lipinski definition) is 1. The first kappa shape index (κ1) is 13.1. The molecule has 18 heavy (non-hydrogen) atoms. The quantitative estimate of drug-likeness (QED) is 0.889. The zero-order valence-electron chi connectivity index (χ0n) is 10.2. The lowest BCUT2D eigenvalue weighted by atomic mass is 9.98. The lowest BCUT2D eigenvalue weighted by Crippen LogP contribution is -2.13. The third-order valence-corrected chi connectivity index (χ3v) is 3.08. The van der Waals surface area contributed by atoms with Crippen molar-refractivity contribution in [2.75, 3.05) is 0 Å². The molecule has 0 fully saturated rings. The summed E-state index contributed by atoms with van der Waals surface area (Å²) in [5.74, 6) is -0.231. The number of aryl methyl sites for hydroxylation is 1. The van der Waals surface area contributed by atoms with Gasteiger partial charge in [-0.3, -0.25) is 0 Å². The van der Waals surface area contributed by atoms with Crippen LogP contribution in [0.5, 0.6) is 0 Å². The van der Waals surface area contributed by atoms with E-state index in [2.05, 4.69) is 0 Å². The number of benzene rings is 2. The molecule has 0 aliphatic heterocycles. The van der Waals surface area contributed by atoms with E-state index in [9.17, 15) is 4.39 Å². The van der Waals surface area contributed by atoms with Gasteiger partial charge < -0.3 is 5.73 Å². The largest absolute Gasteiger partial charge is 0.324 e. The van der Waals surface area contributed by atoms with Gasteiger partial charge in [-0.05, 0) is 54.3 Å². The van der Waals surface area contributed by atoms with Crippen molar-refractivity contribution in [3.05, 3.63) is 70.0 Å². The smallest absolute Gasteiger partial charge is 0.123 e. The Bertz CT molecular complexity index is 516. The number of hydrogen-bond acceptors (Lipinski definition) is 1. The minimum atomic E-state index is -0.231. The van der Waals surface area contributed by atoms with Crippen LogP contribution >= 0.6 is 11.6 Å². The lowest BCUT2D eigenvalue weighted by Gasteiger charge is -2.13. The summed E-state index contributed by atoms with van der Waals surface area (Å²) in [6.07, 6.45) is 0.667. The molecule has 0 aromatic heterocycles. The van der Waals surface area contributed by atoms with E-state index in [1.54, 1.807) is 12.1 Å². The summed E-state index contributed by atoms with van der Waals surface area (Å²) in [4.78, 5) is 0. The van der Waals surface area contributed by atoms with Crippen molar-refractivity contribution in [3.63, 3.8) is 0 Å². The molecule has 2 rings (SSSR count). The van der Waals surface area contributed by atoms with Gasteiger partial charge in [0.05, 0.1) is 0 Å². The SMILES string of the molecule is Cc1cc(Cl)cc(C(N)Cc2ccc(F)cc2)c1. The topological polar surface area (TPSA) is 26.0 Å². The maximum absolute atomic E-state index is 12.8. The second-order valence-electron chi connectivity index (χ2n) is 4.50. The number of nitrogens with two attached hydrogens (primary N) is 1. The Morgan fingerprint density at radius 1 is 1.17 bits per heavy atom. The number of halogens is 2. The van der Waals surface area contributed by atoms with Gasteiger partial charge in [-0.15, -0.1) is 0 Å². The van der Waals surface area contributed by atoms with Crippen molar-refractivity contribution >= 4 is 11.6 Å². The molecule has 0 saturated carbocycles. The lowest BCUT2D eigenvalue weighted by molar-refractivity contribution is 0.625. The third kappa shape index (κ3) is 3.31. The zero-order chi connectivity index (χ0) is 13.1. The highest BCUT2D eigenvalue weighted by Crippen LogP contribution is 2.21. The molecule has 1 atom stereocenters. The van der Waals surface area contributed by atoms with Crippen LogP contribution in [0.15, 0.2) is 42.5 Å². The fraction of sp³-hybridized carbons (Fsp3) is 0.200. The zero-order valence-corrected chi connectivity index (χ0v) is 10.9. The average molecular weight is 264 g/mol. The Hall–Kier alpha value is -1.38. The normalized spacial score (nSPS) is 12.4. The van der Waals surface area contributed by atoms with Crippen molar-refractivity contribution in [1.82, 2.24) is 0 Å². The summed E-state index contributed by atoms with van der Waals surface area (Å²) in [6, 6.07) is 12.1. The maximum atomic E-state index is 12.8. The Morgan fingerprint density at radius 2 is 1.83 bits per heavy atom. The van der Waals surface area contributed by atoms with Crippen LogP contribution in [0.4, 0.5) is 4.39 Å². The van der Waals surface area contributed by atoms with Crippen LogP contribution < -0.4 is 5.73 Å². The van der Waals surface area contributed by atoms with Crippen LogP contribution in [0.3, 0.4) is 0 Å². The highest BCUT2D eigenvalue weighted by molar-refractivity contribution is 6.30. The monoisotopic (exact) mass is 263 g/mol. The minimum absolute atomic E-state index is 0.132. The predicted octanol–water partition coefficient (Wildman–Crippen LogP) is 4.03. The van der Waals surface area contributed by atoms with Gasteiger partial charge in [-0.25, -0.2) is 4.39 Å². The molecule has 0 aliphatic carbocycles. The van der Waals surface area contributed by atoms with Crippen molar-refractivity contribution in [3.8, 4) is 0 Å². The standard InChI is InChI=1S/C15H15ClFN/c1-10-6-12(9-13(16)7-10)15(18)8-11-2-4-14(17)5-3-11/h2-7,9,15H,8,18H2,1H3. The Morgan fingerprint density at radius 3 is 2.44 bits per heavy atom. The van der Waals surface area contributed by atoms with Gasteiger partial charge in [0.25, 0.3) is 0 Å². The van der Waals surface area contributed by atoms with E-state index in [4.69, 9.17) is 17.3 Å². The molecule has 2 aromatic rings. The van der Waals surface area contributed by atoms with E-state index in [0.717, 1.165) is 16.7 Å². The molecule has 94 valence electrons. The molecular formula is C15H15ClFN. The minimum Gasteiger partial charge on any atom is -0.324 e. The molecule has 1 unspecified atom stereocenters. The summed E-state index contributed by atoms with van der Waals surface area (Å²) < 4.78 is 12.8. The summed E-state index contributed by atoms with van der Waals surface area (Å²) in [7, 11) is 0. The summed E-state index contributed by atoms with van der Waals surface area (Å²) in [5.41, 5.74) is 9.26. The molecule has 2 N–H and O–H groups in total. The van der Waals surface area contributed by atoms with E-state index in [1.807, 2.05) is 25.1 Å². The van der Waals surface area contributed by atoms with Gasteiger partial charge in [0, 0.05) is 11.1 Å². The number of rotatable bonds is 3. The molecule has 3 heteroatoms. The first-order chi connectivity index (χ1) is 8.54. The van der Waals surface area contributed by atoms with Crippen LogP contribution in [0, 0.1) is 12.7 Å². The summed E-state index contributed by atoms with van der Waals surface area (Å²) in [5, 5.41) is 0.694. The van der Waals surface area contributed by atoms with Gasteiger partial charge in [-0.2, -0.15) is 0 Å². The Balaban J connectivity index is 2.16. The van der Waals surface area contributed by atoms with Crippen LogP contribution in [0.1, 0.15) is 22.7 Å². The van der Waals surface area contributed by atoms with E-state index in [-0.39, 0.29) is 11.9 Å². The molecule has 0 spiro atoms. The Kier molecular flexibility index (Phi) is 4.00. The van der Waals surface area contributed by atoms with E-state index in [0.29, 0.717) is 11.4 Å². The van der Waals surface area contributed by atoms with Gasteiger partial charge >= 0.3 is 0 Å². The maximum Gasteiger partial charge on any atom is 0.123 e. The van der Waals surface area contributed by atoms with E-state index >= 15 is 0 Å². The van der Waals surface area contributed by atoms with Crippen LogP contribution in [0.25, 0.3) is 0 Å². The first-order valence-electron chi connectivity index (χ1n) is 5.82. The van der Waals surface area contributed by atoms with Crippen LogP contribution in [-0.2, 0) is 6.42 Å². The molecule has 0 bridgehead atoms. The van der Waals surface area contributed by atoms with Crippen LogP contribution in [-0.4, -0.2) is 0 Å². The fourth-order valence-corrected chi connectivity index (χ4v) is 2.27. The first-order valence-corrected chi connectivity index (χ1v) is 6.19. The molecule has 0 aliphatic rings. The molecule has 2 aromatic carbocycles. The molecule has 0 radical (unpaired) electrons. The second-order valence-corrected chi connectivity index (χ2v) is 4.94. The molecular weight excluding hydrogens is 249 g/mol. The van der Waals surface area contributed by atoms with E-state index < -0.39 is 0 Å². The van der Waals surface area contributed by atoms with Gasteiger partial charge in [0.2, 0.25) is 0 Å². The molecule has 0 amide bonds. The van der Waals surface area contributed by atoms with Crippen molar-refractivity contribution in [2.45, 2.75) is 19.4 Å². The van der Waals surface area contributed by atoms with Gasteiger partial charge in [0.15, 0.2) is 0 Å².